The molecule has 0 bridgehead atoms. The molecule has 25 heavy (non-hydrogen) atoms. The highest BCUT2D eigenvalue weighted by Gasteiger charge is 2.18. The zero-order chi connectivity index (χ0) is 17.8. The number of nitrogen functional groups attached to an aromatic ring is 1. The summed E-state index contributed by atoms with van der Waals surface area (Å²) >= 11 is 0. The van der Waals surface area contributed by atoms with Crippen molar-refractivity contribution in [2.75, 3.05) is 5.73 Å². The number of halogens is 1. The zero-order valence-electron chi connectivity index (χ0n) is 13.7. The molecular weight excluding hydrogens is 319 g/mol. The lowest BCUT2D eigenvalue weighted by Crippen LogP contribution is -2.07. The van der Waals surface area contributed by atoms with Gasteiger partial charge in [0.15, 0.2) is 5.56 Å². The van der Waals surface area contributed by atoms with Crippen LogP contribution in [0.1, 0.15) is 22.3 Å². The van der Waals surface area contributed by atoms with Gasteiger partial charge in [-0.1, -0.05) is 48.0 Å². The highest BCUT2D eigenvalue weighted by atomic mass is 19.1. The second kappa shape index (κ2) is 7.05. The molecule has 1 heterocycles. The summed E-state index contributed by atoms with van der Waals surface area (Å²) in [7, 11) is 0. The molecule has 1 aromatic heterocycles. The maximum atomic E-state index is 13.8. The van der Waals surface area contributed by atoms with Crippen LogP contribution in [0.4, 0.5) is 10.2 Å². The summed E-state index contributed by atoms with van der Waals surface area (Å²) in [6.07, 6.45) is 0. The first kappa shape index (κ1) is 16.5. The molecule has 5 nitrogen and oxygen atoms in total. The van der Waals surface area contributed by atoms with E-state index in [0.717, 1.165) is 11.1 Å². The normalized spacial score (nSPS) is 10.4. The summed E-state index contributed by atoms with van der Waals surface area (Å²) in [5, 5.41) is 13.6. The van der Waals surface area contributed by atoms with Crippen molar-refractivity contribution >= 4 is 5.82 Å². The van der Waals surface area contributed by atoms with Crippen LogP contribution in [-0.4, -0.2) is 9.78 Å². The van der Waals surface area contributed by atoms with E-state index in [1.807, 2.05) is 37.3 Å². The van der Waals surface area contributed by atoms with E-state index in [2.05, 4.69) is 5.10 Å². The van der Waals surface area contributed by atoms with Crippen molar-refractivity contribution in [3.8, 4) is 11.9 Å². The average molecular weight is 336 g/mol. The zero-order valence-corrected chi connectivity index (χ0v) is 13.7. The number of anilines is 1. The summed E-state index contributed by atoms with van der Waals surface area (Å²) in [6, 6.07) is 16.2. The molecule has 3 rings (SSSR count). The smallest absolute Gasteiger partial charge is 0.253 e. The quantitative estimate of drug-likeness (QED) is 0.774. The van der Waals surface area contributed by atoms with Gasteiger partial charge in [0.1, 0.15) is 24.3 Å². The maximum Gasteiger partial charge on any atom is 0.253 e. The van der Waals surface area contributed by atoms with Gasteiger partial charge in [0, 0.05) is 5.56 Å². The van der Waals surface area contributed by atoms with E-state index in [0.29, 0.717) is 5.56 Å². The van der Waals surface area contributed by atoms with Crippen molar-refractivity contribution in [3.05, 3.63) is 76.6 Å². The number of nitrogens with two attached hydrogens (primary N) is 1. The monoisotopic (exact) mass is 336 g/mol. The lowest BCUT2D eigenvalue weighted by molar-refractivity contribution is 0.289. The topological polar surface area (TPSA) is 76.9 Å². The van der Waals surface area contributed by atoms with Crippen LogP contribution in [0.3, 0.4) is 0 Å². The van der Waals surface area contributed by atoms with E-state index >= 15 is 0 Å². The lowest BCUT2D eigenvalue weighted by Gasteiger charge is -2.05. The molecule has 0 fully saturated rings. The van der Waals surface area contributed by atoms with Gasteiger partial charge in [-0.2, -0.15) is 5.26 Å². The van der Waals surface area contributed by atoms with Crippen molar-refractivity contribution in [1.82, 2.24) is 9.78 Å². The second-order valence-electron chi connectivity index (χ2n) is 5.70. The number of hydrogen-bond donors (Lipinski definition) is 1. The summed E-state index contributed by atoms with van der Waals surface area (Å²) < 4.78 is 20.9. The standard InChI is InChI=1S/C19H17FN4O/c1-13-6-8-14(9-7-13)12-25-19-16(10-21)18(22)24(23-19)11-15-4-2-3-5-17(15)20/h2-9H,11-12,22H2,1H3. The summed E-state index contributed by atoms with van der Waals surface area (Å²) in [5.74, 6) is -0.0420. The number of aryl methyl sites for hydroxylation is 1. The Morgan fingerprint density at radius 1 is 1.20 bits per heavy atom. The van der Waals surface area contributed by atoms with Crippen LogP contribution in [0.25, 0.3) is 0 Å². The van der Waals surface area contributed by atoms with Crippen LogP contribution in [0, 0.1) is 24.1 Å². The third-order valence-corrected chi connectivity index (χ3v) is 3.85. The van der Waals surface area contributed by atoms with E-state index in [1.54, 1.807) is 18.2 Å². The fourth-order valence-corrected chi connectivity index (χ4v) is 2.40. The largest absolute Gasteiger partial charge is 0.471 e. The first-order valence-corrected chi connectivity index (χ1v) is 7.76. The molecule has 0 radical (unpaired) electrons. The SMILES string of the molecule is Cc1ccc(COc2nn(Cc3ccccc3F)c(N)c2C#N)cc1. The number of aromatic nitrogens is 2. The molecular formula is C19H17FN4O. The molecule has 0 aliphatic rings. The molecule has 0 atom stereocenters. The fourth-order valence-electron chi connectivity index (χ4n) is 2.40. The first-order chi connectivity index (χ1) is 12.1. The third kappa shape index (κ3) is 3.61. The van der Waals surface area contributed by atoms with Crippen LogP contribution in [0.15, 0.2) is 48.5 Å². The predicted molar refractivity (Wildman–Crippen MR) is 92.4 cm³/mol. The Morgan fingerprint density at radius 3 is 2.60 bits per heavy atom. The average Bonchev–Trinajstić information content (AvgIpc) is 2.91. The van der Waals surface area contributed by atoms with Crippen molar-refractivity contribution in [2.24, 2.45) is 0 Å². The molecule has 2 N–H and O–H groups in total. The van der Waals surface area contributed by atoms with Crippen LogP contribution in [0.2, 0.25) is 0 Å². The van der Waals surface area contributed by atoms with Crippen LogP contribution in [0.5, 0.6) is 5.88 Å². The number of hydrogen-bond acceptors (Lipinski definition) is 4. The van der Waals surface area contributed by atoms with Gasteiger partial charge in [-0.3, -0.25) is 0 Å². The predicted octanol–water partition coefficient (Wildman–Crippen LogP) is 3.41. The van der Waals surface area contributed by atoms with E-state index in [-0.39, 0.29) is 36.2 Å². The minimum Gasteiger partial charge on any atom is -0.471 e. The number of benzene rings is 2. The summed E-state index contributed by atoms with van der Waals surface area (Å²) in [4.78, 5) is 0. The van der Waals surface area contributed by atoms with Gasteiger partial charge >= 0.3 is 0 Å². The Labute approximate surface area is 145 Å². The fraction of sp³-hybridized carbons (Fsp3) is 0.158. The van der Waals surface area contributed by atoms with Gasteiger partial charge in [-0.15, -0.1) is 5.10 Å². The maximum absolute atomic E-state index is 13.8. The second-order valence-corrected chi connectivity index (χ2v) is 5.70. The summed E-state index contributed by atoms with van der Waals surface area (Å²) in [5.41, 5.74) is 8.68. The third-order valence-electron chi connectivity index (χ3n) is 3.85. The molecule has 0 saturated heterocycles. The van der Waals surface area contributed by atoms with E-state index < -0.39 is 0 Å². The van der Waals surface area contributed by atoms with Gasteiger partial charge < -0.3 is 10.5 Å². The van der Waals surface area contributed by atoms with Crippen molar-refractivity contribution in [3.63, 3.8) is 0 Å². The van der Waals surface area contributed by atoms with Gasteiger partial charge in [0.05, 0.1) is 6.54 Å². The van der Waals surface area contributed by atoms with Crippen LogP contribution in [-0.2, 0) is 13.2 Å². The number of rotatable bonds is 5. The van der Waals surface area contributed by atoms with E-state index in [4.69, 9.17) is 10.5 Å². The Kier molecular flexibility index (Phi) is 4.66. The van der Waals surface area contributed by atoms with Gasteiger partial charge in [-0.05, 0) is 18.6 Å². The molecule has 0 aliphatic heterocycles. The number of ether oxygens (including phenoxy) is 1. The lowest BCUT2D eigenvalue weighted by atomic mass is 10.2. The highest BCUT2D eigenvalue weighted by molar-refractivity contribution is 5.55. The molecule has 0 saturated carbocycles. The Hall–Kier alpha value is -3.33. The van der Waals surface area contributed by atoms with Gasteiger partial charge in [-0.25, -0.2) is 9.07 Å². The minimum atomic E-state index is -0.349. The molecule has 0 aliphatic carbocycles. The summed E-state index contributed by atoms with van der Waals surface area (Å²) in [6.45, 7) is 2.40. The van der Waals surface area contributed by atoms with Gasteiger partial charge in [0.25, 0.3) is 5.88 Å². The molecule has 126 valence electrons. The number of nitriles is 1. The van der Waals surface area contributed by atoms with Crippen LogP contribution >= 0.6 is 0 Å². The van der Waals surface area contributed by atoms with Crippen molar-refractivity contribution in [1.29, 1.82) is 5.26 Å². The molecule has 0 unspecified atom stereocenters. The minimum absolute atomic E-state index is 0.126. The molecule has 0 amide bonds. The first-order valence-electron chi connectivity index (χ1n) is 7.76. The Bertz CT molecular complexity index is 926. The highest BCUT2D eigenvalue weighted by Crippen LogP contribution is 2.25. The molecule has 3 aromatic rings. The molecule has 6 heteroatoms. The molecule has 0 spiro atoms. The van der Waals surface area contributed by atoms with Gasteiger partial charge in [0.2, 0.25) is 0 Å². The van der Waals surface area contributed by atoms with E-state index in [9.17, 15) is 9.65 Å². The number of nitrogens with zero attached hydrogens (tertiary/aromatic N) is 3. The molecule has 2 aromatic carbocycles. The van der Waals surface area contributed by atoms with Crippen molar-refractivity contribution in [2.45, 2.75) is 20.1 Å². The Balaban J connectivity index is 1.82. The van der Waals surface area contributed by atoms with E-state index in [1.165, 1.54) is 10.7 Å². The van der Waals surface area contributed by atoms with Crippen molar-refractivity contribution < 1.29 is 9.13 Å². The van der Waals surface area contributed by atoms with Crippen LogP contribution < -0.4 is 10.5 Å². The Morgan fingerprint density at radius 2 is 1.92 bits per heavy atom.